The van der Waals surface area contributed by atoms with Gasteiger partial charge in [0.25, 0.3) is 0 Å². The summed E-state index contributed by atoms with van der Waals surface area (Å²) in [5.74, 6) is -0.814. The van der Waals surface area contributed by atoms with E-state index in [1.165, 1.54) is 24.1 Å². The summed E-state index contributed by atoms with van der Waals surface area (Å²) in [6, 6.07) is 16.9. The smallest absolute Gasteiger partial charge is 0.416 e. The number of methoxy groups -OCH3 is 1. The van der Waals surface area contributed by atoms with Crippen LogP contribution in [0.3, 0.4) is 0 Å². The zero-order valence-electron chi connectivity index (χ0n) is 19.8. The maximum atomic E-state index is 13.1. The quantitative estimate of drug-likeness (QED) is 0.380. The molecule has 3 rings (SSSR count). The Kier molecular flexibility index (Phi) is 8.58. The maximum Gasteiger partial charge on any atom is 0.416 e. The van der Waals surface area contributed by atoms with Crippen molar-refractivity contribution >= 4 is 12.1 Å². The zero-order valence-corrected chi connectivity index (χ0v) is 19.8. The molecule has 0 saturated heterocycles. The summed E-state index contributed by atoms with van der Waals surface area (Å²) < 4.78 is 50.0. The molecule has 1 amide bonds. The minimum absolute atomic E-state index is 0.0275. The number of aliphatic carboxylic acids is 1. The second kappa shape index (κ2) is 11.6. The maximum absolute atomic E-state index is 13.1. The molecule has 0 aromatic heterocycles. The summed E-state index contributed by atoms with van der Waals surface area (Å²) in [7, 11) is 1.40. The topological polar surface area (TPSA) is 76.1 Å². The van der Waals surface area contributed by atoms with Gasteiger partial charge < -0.3 is 19.5 Å². The molecule has 0 aliphatic carbocycles. The Morgan fingerprint density at radius 3 is 2.17 bits per heavy atom. The first kappa shape index (κ1) is 26.6. The average molecular weight is 502 g/mol. The normalized spacial score (nSPS) is 11.1. The Hall–Kier alpha value is -4.01. The highest BCUT2D eigenvalue weighted by molar-refractivity contribution is 5.78. The second-order valence-corrected chi connectivity index (χ2v) is 7.97. The van der Waals surface area contributed by atoms with Crippen molar-refractivity contribution in [3.05, 3.63) is 89.0 Å². The summed E-state index contributed by atoms with van der Waals surface area (Å²) in [5.41, 5.74) is 1.73. The standard InChI is InChI=1S/C27H26F3NO5/c1-3-31(26(34)36-17-18-7-5-4-6-8-18)16-23-21(13-14-24(35-2)22(23)15-25(32)33)19-9-11-20(12-10-19)27(28,29)30/h4-14H,3,15-17H2,1-2H3,(H,32,33). The molecule has 0 aliphatic heterocycles. The molecule has 0 atom stereocenters. The van der Waals surface area contributed by atoms with Crippen LogP contribution in [0.4, 0.5) is 18.0 Å². The highest BCUT2D eigenvalue weighted by Crippen LogP contribution is 2.36. The van der Waals surface area contributed by atoms with Crippen LogP contribution in [0, 0.1) is 0 Å². The van der Waals surface area contributed by atoms with E-state index in [0.717, 1.165) is 17.7 Å². The number of nitrogens with zero attached hydrogens (tertiary/aromatic N) is 1. The Bertz CT molecular complexity index is 1190. The van der Waals surface area contributed by atoms with E-state index in [0.29, 0.717) is 28.0 Å². The average Bonchev–Trinajstić information content (AvgIpc) is 2.86. The van der Waals surface area contributed by atoms with Gasteiger partial charge in [0.2, 0.25) is 0 Å². The van der Waals surface area contributed by atoms with E-state index in [1.54, 1.807) is 19.1 Å². The number of hydrogen-bond donors (Lipinski definition) is 1. The third kappa shape index (κ3) is 6.56. The number of carbonyl (C=O) groups is 2. The van der Waals surface area contributed by atoms with Crippen LogP contribution >= 0.6 is 0 Å². The Morgan fingerprint density at radius 2 is 1.61 bits per heavy atom. The summed E-state index contributed by atoms with van der Waals surface area (Å²) >= 11 is 0. The minimum atomic E-state index is -4.49. The van der Waals surface area contributed by atoms with Gasteiger partial charge in [-0.25, -0.2) is 4.79 Å². The minimum Gasteiger partial charge on any atom is -0.496 e. The van der Waals surface area contributed by atoms with Gasteiger partial charge in [0.15, 0.2) is 0 Å². The first-order valence-electron chi connectivity index (χ1n) is 11.2. The molecule has 0 radical (unpaired) electrons. The third-order valence-electron chi connectivity index (χ3n) is 5.65. The summed E-state index contributed by atoms with van der Waals surface area (Å²) in [5, 5.41) is 9.52. The molecular formula is C27H26F3NO5. The van der Waals surface area contributed by atoms with Gasteiger partial charge in [0.05, 0.1) is 25.6 Å². The molecule has 190 valence electrons. The number of carboxylic acid groups (broad SMARTS) is 1. The van der Waals surface area contributed by atoms with E-state index in [2.05, 4.69) is 0 Å². The lowest BCUT2D eigenvalue weighted by Crippen LogP contribution is -2.31. The number of rotatable bonds is 9. The molecule has 6 nitrogen and oxygen atoms in total. The molecule has 0 saturated carbocycles. The van der Waals surface area contributed by atoms with Gasteiger partial charge >= 0.3 is 18.2 Å². The molecule has 36 heavy (non-hydrogen) atoms. The van der Waals surface area contributed by atoms with Crippen LogP contribution in [-0.4, -0.2) is 35.7 Å². The van der Waals surface area contributed by atoms with Gasteiger partial charge in [-0.3, -0.25) is 4.79 Å². The summed E-state index contributed by atoms with van der Waals surface area (Å²) in [6.07, 6.45) is -5.50. The van der Waals surface area contributed by atoms with E-state index >= 15 is 0 Å². The summed E-state index contributed by atoms with van der Waals surface area (Å²) in [4.78, 5) is 25.9. The number of alkyl halides is 3. The third-order valence-corrected chi connectivity index (χ3v) is 5.65. The zero-order chi connectivity index (χ0) is 26.3. The highest BCUT2D eigenvalue weighted by atomic mass is 19.4. The van der Waals surface area contributed by atoms with E-state index in [4.69, 9.17) is 9.47 Å². The Balaban J connectivity index is 2.00. The molecule has 0 heterocycles. The monoisotopic (exact) mass is 501 g/mol. The number of carboxylic acids is 1. The van der Waals surface area contributed by atoms with Crippen molar-refractivity contribution in [3.8, 4) is 16.9 Å². The molecule has 0 spiro atoms. The van der Waals surface area contributed by atoms with Crippen molar-refractivity contribution in [2.45, 2.75) is 32.7 Å². The highest BCUT2D eigenvalue weighted by Gasteiger charge is 2.30. The predicted molar refractivity (Wildman–Crippen MR) is 127 cm³/mol. The van der Waals surface area contributed by atoms with Crippen LogP contribution in [0.5, 0.6) is 5.75 Å². The van der Waals surface area contributed by atoms with Crippen LogP contribution < -0.4 is 4.74 Å². The number of benzene rings is 3. The fourth-order valence-electron chi connectivity index (χ4n) is 3.80. The number of carbonyl (C=O) groups excluding carboxylic acids is 1. The van der Waals surface area contributed by atoms with Crippen molar-refractivity contribution in [1.29, 1.82) is 0 Å². The van der Waals surface area contributed by atoms with Gasteiger partial charge in [-0.05, 0) is 47.4 Å². The van der Waals surface area contributed by atoms with E-state index in [9.17, 15) is 27.9 Å². The fraction of sp³-hybridized carbons (Fsp3) is 0.259. The predicted octanol–water partition coefficient (Wildman–Crippen LogP) is 6.17. The van der Waals surface area contributed by atoms with Crippen molar-refractivity contribution in [2.75, 3.05) is 13.7 Å². The lowest BCUT2D eigenvalue weighted by atomic mass is 9.92. The molecule has 0 aliphatic rings. The second-order valence-electron chi connectivity index (χ2n) is 7.97. The molecule has 0 bridgehead atoms. The Morgan fingerprint density at radius 1 is 0.944 bits per heavy atom. The summed E-state index contributed by atoms with van der Waals surface area (Å²) in [6.45, 7) is 2.03. The largest absolute Gasteiger partial charge is 0.496 e. The number of ether oxygens (including phenoxy) is 2. The number of amides is 1. The van der Waals surface area contributed by atoms with Gasteiger partial charge in [-0.1, -0.05) is 48.5 Å². The van der Waals surface area contributed by atoms with Gasteiger partial charge in [0, 0.05) is 12.1 Å². The van der Waals surface area contributed by atoms with Crippen LogP contribution in [0.15, 0.2) is 66.7 Å². The lowest BCUT2D eigenvalue weighted by molar-refractivity contribution is -0.138. The van der Waals surface area contributed by atoms with E-state index in [-0.39, 0.29) is 19.7 Å². The van der Waals surface area contributed by atoms with Crippen LogP contribution in [0.25, 0.3) is 11.1 Å². The molecule has 1 N–H and O–H groups in total. The van der Waals surface area contributed by atoms with Crippen molar-refractivity contribution in [3.63, 3.8) is 0 Å². The lowest BCUT2D eigenvalue weighted by Gasteiger charge is -2.25. The van der Waals surface area contributed by atoms with E-state index < -0.39 is 30.2 Å². The molecule has 9 heteroatoms. The molecule has 0 unspecified atom stereocenters. The number of halogens is 3. The van der Waals surface area contributed by atoms with Crippen LogP contribution in [-0.2, 0) is 35.3 Å². The first-order valence-corrected chi connectivity index (χ1v) is 11.2. The Labute approximate surface area is 206 Å². The van der Waals surface area contributed by atoms with Crippen molar-refractivity contribution in [2.24, 2.45) is 0 Å². The van der Waals surface area contributed by atoms with Crippen molar-refractivity contribution in [1.82, 2.24) is 4.90 Å². The molecular weight excluding hydrogens is 475 g/mol. The molecule has 3 aromatic carbocycles. The van der Waals surface area contributed by atoms with Crippen molar-refractivity contribution < 1.29 is 37.3 Å². The SMILES string of the molecule is CCN(Cc1c(-c2ccc(C(F)(F)F)cc2)ccc(OC)c1CC(=O)O)C(=O)OCc1ccccc1. The van der Waals surface area contributed by atoms with Gasteiger partial charge in [-0.2, -0.15) is 13.2 Å². The van der Waals surface area contributed by atoms with Gasteiger partial charge in [0.1, 0.15) is 12.4 Å². The first-order chi connectivity index (χ1) is 17.1. The van der Waals surface area contributed by atoms with Gasteiger partial charge in [-0.15, -0.1) is 0 Å². The number of hydrogen-bond acceptors (Lipinski definition) is 4. The molecule has 3 aromatic rings. The molecule has 0 fully saturated rings. The van der Waals surface area contributed by atoms with Crippen LogP contribution in [0.1, 0.15) is 29.2 Å². The fourth-order valence-corrected chi connectivity index (χ4v) is 3.80. The van der Waals surface area contributed by atoms with E-state index in [1.807, 2.05) is 30.3 Å². The van der Waals surface area contributed by atoms with Crippen LogP contribution in [0.2, 0.25) is 0 Å².